The Morgan fingerprint density at radius 2 is 1.81 bits per heavy atom. The van der Waals surface area contributed by atoms with E-state index >= 15 is 0 Å². The smallest absolute Gasteiger partial charge is 0.339 e. The summed E-state index contributed by atoms with van der Waals surface area (Å²) in [6, 6.07) is 3.15. The number of amides is 2. The Morgan fingerprint density at radius 1 is 1.19 bits per heavy atom. The van der Waals surface area contributed by atoms with Crippen LogP contribution < -0.4 is 4.90 Å². The van der Waals surface area contributed by atoms with Crippen LogP contribution in [0.2, 0.25) is 5.02 Å². The summed E-state index contributed by atoms with van der Waals surface area (Å²) in [6.45, 7) is 5.99. The van der Waals surface area contributed by atoms with Crippen LogP contribution in [0.25, 0.3) is 0 Å². The molecule has 144 valence electrons. The summed E-state index contributed by atoms with van der Waals surface area (Å²) >= 11 is 5.68. The van der Waals surface area contributed by atoms with E-state index in [1.165, 1.54) is 6.07 Å². The van der Waals surface area contributed by atoms with Gasteiger partial charge in [0.2, 0.25) is 11.8 Å². The van der Waals surface area contributed by atoms with Crippen molar-refractivity contribution in [3.8, 4) is 0 Å². The van der Waals surface area contributed by atoms with Crippen molar-refractivity contribution < 1.29 is 22.8 Å². The third kappa shape index (κ3) is 4.88. The molecule has 0 atom stereocenters. The van der Waals surface area contributed by atoms with Gasteiger partial charge in [-0.25, -0.2) is 0 Å². The Kier molecular flexibility index (Phi) is 6.52. The van der Waals surface area contributed by atoms with Gasteiger partial charge in [0.25, 0.3) is 0 Å². The van der Waals surface area contributed by atoms with Crippen molar-refractivity contribution >= 4 is 29.1 Å². The number of hydrogen-bond donors (Lipinski definition) is 0. The zero-order chi connectivity index (χ0) is 19.5. The molecule has 1 heterocycles. The minimum absolute atomic E-state index is 0.0911. The fourth-order valence-corrected chi connectivity index (χ4v) is 3.06. The maximum atomic E-state index is 13.3. The number of carbonyl (C=O) groups is 2. The average Bonchev–Trinajstić information content (AvgIpc) is 2.58. The fraction of sp³-hybridized carbons (Fsp3) is 0.529. The van der Waals surface area contributed by atoms with Crippen molar-refractivity contribution in [2.24, 2.45) is 0 Å². The van der Waals surface area contributed by atoms with Gasteiger partial charge in [-0.2, -0.15) is 13.2 Å². The maximum Gasteiger partial charge on any atom is 0.418 e. The molecule has 0 bridgehead atoms. The molecule has 9 heteroatoms. The van der Waals surface area contributed by atoms with Gasteiger partial charge in [0, 0.05) is 38.1 Å². The number of alkyl halides is 3. The van der Waals surface area contributed by atoms with E-state index in [1.807, 2.05) is 6.92 Å². The van der Waals surface area contributed by atoms with Crippen LogP contribution in [0.4, 0.5) is 18.9 Å². The van der Waals surface area contributed by atoms with Gasteiger partial charge in [-0.3, -0.25) is 9.59 Å². The van der Waals surface area contributed by atoms with Crippen molar-refractivity contribution in [1.29, 1.82) is 0 Å². The zero-order valence-corrected chi connectivity index (χ0v) is 15.4. The summed E-state index contributed by atoms with van der Waals surface area (Å²) in [5, 5.41) is -0.0911. The van der Waals surface area contributed by atoms with Gasteiger partial charge < -0.3 is 14.7 Å². The number of hydrogen-bond acceptors (Lipinski definition) is 3. The van der Waals surface area contributed by atoms with Crippen LogP contribution in [0.1, 0.15) is 19.4 Å². The number of likely N-dealkylation sites (N-methyl/N-ethyl adjacent to an activating group) is 1. The molecule has 0 spiro atoms. The number of anilines is 1. The third-order valence-corrected chi connectivity index (χ3v) is 4.64. The molecule has 1 aromatic rings. The molecule has 1 aliphatic heterocycles. The summed E-state index contributed by atoms with van der Waals surface area (Å²) in [6.07, 6.45) is -4.69. The summed E-state index contributed by atoms with van der Waals surface area (Å²) < 4.78 is 40.0. The molecular weight excluding hydrogens is 371 g/mol. The molecule has 0 saturated carbocycles. The first-order valence-corrected chi connectivity index (χ1v) is 8.66. The largest absolute Gasteiger partial charge is 0.418 e. The van der Waals surface area contributed by atoms with E-state index < -0.39 is 24.2 Å². The summed E-state index contributed by atoms with van der Waals surface area (Å²) in [7, 11) is 0. The summed E-state index contributed by atoms with van der Waals surface area (Å²) in [5.74, 6) is -1.02. The van der Waals surface area contributed by atoms with Gasteiger partial charge in [0.1, 0.15) is 6.54 Å². The number of carbonyl (C=O) groups excluding carboxylic acids is 2. The SMILES string of the molecule is CCN1CCN(C(=O)CN(C(C)=O)c2ccc(Cl)cc2C(F)(F)F)CC1. The highest BCUT2D eigenvalue weighted by atomic mass is 35.5. The molecule has 1 saturated heterocycles. The van der Waals surface area contributed by atoms with Gasteiger partial charge in [0.15, 0.2) is 0 Å². The van der Waals surface area contributed by atoms with E-state index in [9.17, 15) is 22.8 Å². The van der Waals surface area contributed by atoms with Crippen molar-refractivity contribution in [1.82, 2.24) is 9.80 Å². The van der Waals surface area contributed by atoms with Crippen LogP contribution in [0.15, 0.2) is 18.2 Å². The number of benzene rings is 1. The van der Waals surface area contributed by atoms with E-state index in [-0.39, 0.29) is 16.6 Å². The Labute approximate surface area is 155 Å². The normalized spacial score (nSPS) is 15.8. The van der Waals surface area contributed by atoms with Crippen LogP contribution >= 0.6 is 11.6 Å². The molecule has 0 radical (unpaired) electrons. The first kappa shape index (κ1) is 20.5. The standard InChI is InChI=1S/C17H21ClF3N3O2/c1-3-22-6-8-23(9-7-22)16(26)11-24(12(2)25)15-5-4-13(18)10-14(15)17(19,20)21/h4-5,10H,3,6-9,11H2,1-2H3. The topological polar surface area (TPSA) is 43.9 Å². The molecule has 1 fully saturated rings. The van der Waals surface area contributed by atoms with Gasteiger partial charge in [-0.15, -0.1) is 0 Å². The second-order valence-electron chi connectivity index (χ2n) is 6.08. The van der Waals surface area contributed by atoms with Crippen LogP contribution in [-0.4, -0.2) is 60.9 Å². The molecule has 0 aliphatic carbocycles. The van der Waals surface area contributed by atoms with Crippen LogP contribution in [0.3, 0.4) is 0 Å². The molecule has 26 heavy (non-hydrogen) atoms. The maximum absolute atomic E-state index is 13.3. The third-order valence-electron chi connectivity index (χ3n) is 4.40. The summed E-state index contributed by atoms with van der Waals surface area (Å²) in [5.41, 5.74) is -1.40. The van der Waals surface area contributed by atoms with Crippen molar-refractivity contribution in [2.45, 2.75) is 20.0 Å². The van der Waals surface area contributed by atoms with Gasteiger partial charge in [-0.05, 0) is 24.7 Å². The molecule has 1 aromatic carbocycles. The minimum atomic E-state index is -4.69. The van der Waals surface area contributed by atoms with Crippen LogP contribution in [0.5, 0.6) is 0 Å². The second-order valence-corrected chi connectivity index (χ2v) is 6.52. The van der Waals surface area contributed by atoms with E-state index in [1.54, 1.807) is 4.90 Å². The lowest BCUT2D eigenvalue weighted by Crippen LogP contribution is -2.51. The van der Waals surface area contributed by atoms with Crippen molar-refractivity contribution in [2.75, 3.05) is 44.2 Å². The molecule has 5 nitrogen and oxygen atoms in total. The Balaban J connectivity index is 2.23. The van der Waals surface area contributed by atoms with Gasteiger partial charge in [-0.1, -0.05) is 18.5 Å². The number of halogens is 4. The molecule has 0 aromatic heterocycles. The Hall–Kier alpha value is -1.80. The predicted octanol–water partition coefficient (Wildman–Crippen LogP) is 2.88. The number of rotatable bonds is 4. The zero-order valence-electron chi connectivity index (χ0n) is 14.6. The quantitative estimate of drug-likeness (QED) is 0.792. The first-order chi connectivity index (χ1) is 12.1. The molecular formula is C17H21ClF3N3O2. The Morgan fingerprint density at radius 3 is 2.31 bits per heavy atom. The van der Waals surface area contributed by atoms with Crippen molar-refractivity contribution in [3.63, 3.8) is 0 Å². The molecule has 1 aliphatic rings. The van der Waals surface area contributed by atoms with Gasteiger partial charge in [0.05, 0.1) is 11.3 Å². The highest BCUT2D eigenvalue weighted by Crippen LogP contribution is 2.38. The van der Waals surface area contributed by atoms with Crippen LogP contribution in [-0.2, 0) is 15.8 Å². The van der Waals surface area contributed by atoms with E-state index in [0.29, 0.717) is 26.2 Å². The molecule has 0 N–H and O–H groups in total. The van der Waals surface area contributed by atoms with Crippen molar-refractivity contribution in [3.05, 3.63) is 28.8 Å². The summed E-state index contributed by atoms with van der Waals surface area (Å²) in [4.78, 5) is 29.1. The lowest BCUT2D eigenvalue weighted by atomic mass is 10.1. The number of nitrogens with zero attached hydrogens (tertiary/aromatic N) is 3. The fourth-order valence-electron chi connectivity index (χ4n) is 2.89. The molecule has 2 rings (SSSR count). The van der Waals surface area contributed by atoms with Crippen LogP contribution in [0, 0.1) is 0 Å². The predicted molar refractivity (Wildman–Crippen MR) is 93.2 cm³/mol. The van der Waals surface area contributed by atoms with E-state index in [0.717, 1.165) is 30.5 Å². The molecule has 2 amide bonds. The average molecular weight is 392 g/mol. The van der Waals surface area contributed by atoms with Gasteiger partial charge >= 0.3 is 6.18 Å². The highest BCUT2D eigenvalue weighted by Gasteiger charge is 2.36. The minimum Gasteiger partial charge on any atom is -0.339 e. The van der Waals surface area contributed by atoms with E-state index in [4.69, 9.17) is 11.6 Å². The first-order valence-electron chi connectivity index (χ1n) is 8.28. The Bertz CT molecular complexity index is 674. The lowest BCUT2D eigenvalue weighted by molar-refractivity contribution is -0.138. The monoisotopic (exact) mass is 391 g/mol. The number of piperazine rings is 1. The van der Waals surface area contributed by atoms with E-state index in [2.05, 4.69) is 4.90 Å². The molecule has 0 unspecified atom stereocenters. The highest BCUT2D eigenvalue weighted by molar-refractivity contribution is 6.30. The lowest BCUT2D eigenvalue weighted by Gasteiger charge is -2.35. The second kappa shape index (κ2) is 8.26.